The van der Waals surface area contributed by atoms with E-state index in [1.54, 1.807) is 0 Å². The van der Waals surface area contributed by atoms with Gasteiger partial charge in [-0.1, -0.05) is 28.1 Å². The number of benzene rings is 2. The van der Waals surface area contributed by atoms with Gasteiger partial charge in [-0.3, -0.25) is 0 Å². The van der Waals surface area contributed by atoms with Crippen molar-refractivity contribution in [3.8, 4) is 11.1 Å². The fourth-order valence-electron chi connectivity index (χ4n) is 1.57. The molecule has 0 fully saturated rings. The lowest BCUT2D eigenvalue weighted by atomic mass is 10.1. The maximum Gasteiger partial charge on any atom is 0.238 e. The van der Waals surface area contributed by atoms with Crippen LogP contribution in [0.15, 0.2) is 45.8 Å². The summed E-state index contributed by atoms with van der Waals surface area (Å²) in [6.07, 6.45) is 0. The monoisotopic (exact) mass is 347 g/mol. The Kier molecular flexibility index (Phi) is 3.71. The first kappa shape index (κ1) is 14.1. The lowest BCUT2D eigenvalue weighted by Gasteiger charge is -2.06. The zero-order chi connectivity index (χ0) is 14.2. The molecule has 0 radical (unpaired) electrons. The Morgan fingerprint density at radius 3 is 2.05 bits per heavy atom. The van der Waals surface area contributed by atoms with E-state index in [2.05, 4.69) is 15.9 Å². The summed E-state index contributed by atoms with van der Waals surface area (Å²) in [6.45, 7) is 0. The van der Waals surface area contributed by atoms with Crippen molar-refractivity contribution in [3.05, 3.63) is 52.5 Å². The molecule has 0 bridgehead atoms. The highest BCUT2D eigenvalue weighted by atomic mass is 79.9. The van der Waals surface area contributed by atoms with Crippen LogP contribution < -0.4 is 5.14 Å². The normalized spacial score (nSPS) is 11.6. The van der Waals surface area contributed by atoms with E-state index >= 15 is 0 Å². The maximum atomic E-state index is 13.2. The molecule has 0 amide bonds. The SMILES string of the molecule is NS(=O)(=O)c1ccc(-c2cc(F)c(F)cc2Br)cc1. The molecule has 19 heavy (non-hydrogen) atoms. The van der Waals surface area contributed by atoms with Crippen LogP contribution in [0, 0.1) is 11.6 Å². The van der Waals surface area contributed by atoms with Crippen LogP contribution in [0.2, 0.25) is 0 Å². The Labute approximate surface area is 117 Å². The Morgan fingerprint density at radius 2 is 1.53 bits per heavy atom. The van der Waals surface area contributed by atoms with Crippen molar-refractivity contribution in [2.45, 2.75) is 4.90 Å². The molecule has 3 nitrogen and oxygen atoms in total. The van der Waals surface area contributed by atoms with Gasteiger partial charge in [0.05, 0.1) is 4.90 Å². The second-order valence-electron chi connectivity index (χ2n) is 3.82. The summed E-state index contributed by atoms with van der Waals surface area (Å²) in [7, 11) is -3.77. The van der Waals surface area contributed by atoms with Crippen molar-refractivity contribution in [1.82, 2.24) is 0 Å². The van der Waals surface area contributed by atoms with Crippen LogP contribution in [0.25, 0.3) is 11.1 Å². The molecule has 2 rings (SSSR count). The van der Waals surface area contributed by atoms with E-state index < -0.39 is 21.7 Å². The molecular formula is C12H8BrF2NO2S. The van der Waals surface area contributed by atoms with E-state index in [1.165, 1.54) is 24.3 Å². The van der Waals surface area contributed by atoms with Crippen LogP contribution in [0.5, 0.6) is 0 Å². The first-order valence-corrected chi connectivity index (χ1v) is 7.41. The molecule has 2 N–H and O–H groups in total. The van der Waals surface area contributed by atoms with Crippen LogP contribution in [0.4, 0.5) is 8.78 Å². The molecule has 2 aromatic rings. The summed E-state index contributed by atoms with van der Waals surface area (Å²) in [6, 6.07) is 7.59. The van der Waals surface area contributed by atoms with Gasteiger partial charge in [0.15, 0.2) is 11.6 Å². The number of halogens is 3. The van der Waals surface area contributed by atoms with Crippen LogP contribution in [0.3, 0.4) is 0 Å². The van der Waals surface area contributed by atoms with E-state index in [1.807, 2.05) is 0 Å². The van der Waals surface area contributed by atoms with Gasteiger partial charge in [0.2, 0.25) is 10.0 Å². The summed E-state index contributed by atoms with van der Waals surface area (Å²) >= 11 is 3.13. The Bertz CT molecular complexity index is 730. The van der Waals surface area contributed by atoms with Crippen LogP contribution in [-0.4, -0.2) is 8.42 Å². The molecule has 2 aromatic carbocycles. The number of hydrogen-bond acceptors (Lipinski definition) is 2. The molecule has 0 aromatic heterocycles. The van der Waals surface area contributed by atoms with E-state index in [0.717, 1.165) is 12.1 Å². The van der Waals surface area contributed by atoms with Gasteiger partial charge in [0.1, 0.15) is 0 Å². The minimum Gasteiger partial charge on any atom is -0.225 e. The summed E-state index contributed by atoms with van der Waals surface area (Å²) in [4.78, 5) is -0.0463. The van der Waals surface area contributed by atoms with Gasteiger partial charge in [0, 0.05) is 4.47 Å². The van der Waals surface area contributed by atoms with E-state index in [-0.39, 0.29) is 4.90 Å². The molecule has 0 spiro atoms. The Balaban J connectivity index is 2.52. The van der Waals surface area contributed by atoms with Gasteiger partial charge < -0.3 is 0 Å². The molecule has 0 aliphatic heterocycles. The molecular weight excluding hydrogens is 340 g/mol. The first-order valence-electron chi connectivity index (χ1n) is 5.07. The minimum absolute atomic E-state index is 0.0463. The van der Waals surface area contributed by atoms with Gasteiger partial charge in [-0.15, -0.1) is 0 Å². The molecule has 0 saturated carbocycles. The third-order valence-electron chi connectivity index (χ3n) is 2.50. The third kappa shape index (κ3) is 2.99. The van der Waals surface area contributed by atoms with Crippen molar-refractivity contribution in [1.29, 1.82) is 0 Å². The number of primary sulfonamides is 1. The summed E-state index contributed by atoms with van der Waals surface area (Å²) < 4.78 is 48.8. The summed E-state index contributed by atoms with van der Waals surface area (Å²) in [5.74, 6) is -1.94. The quantitative estimate of drug-likeness (QED) is 0.848. The largest absolute Gasteiger partial charge is 0.238 e. The van der Waals surface area contributed by atoms with Crippen molar-refractivity contribution in [2.75, 3.05) is 0 Å². The highest BCUT2D eigenvalue weighted by molar-refractivity contribution is 9.10. The van der Waals surface area contributed by atoms with Crippen LogP contribution >= 0.6 is 15.9 Å². The molecule has 0 saturated heterocycles. The number of hydrogen-bond donors (Lipinski definition) is 1. The van der Waals surface area contributed by atoms with Crippen LogP contribution in [-0.2, 0) is 10.0 Å². The highest BCUT2D eigenvalue weighted by Gasteiger charge is 2.11. The molecule has 0 aliphatic rings. The van der Waals surface area contributed by atoms with E-state index in [4.69, 9.17) is 5.14 Å². The van der Waals surface area contributed by atoms with Crippen molar-refractivity contribution < 1.29 is 17.2 Å². The average molecular weight is 348 g/mol. The zero-order valence-electron chi connectivity index (χ0n) is 9.40. The van der Waals surface area contributed by atoms with Gasteiger partial charge in [-0.25, -0.2) is 22.3 Å². The minimum atomic E-state index is -3.77. The third-order valence-corrected chi connectivity index (χ3v) is 4.09. The molecule has 0 atom stereocenters. The molecule has 100 valence electrons. The maximum absolute atomic E-state index is 13.2. The van der Waals surface area contributed by atoms with Gasteiger partial charge in [-0.2, -0.15) is 0 Å². The number of nitrogens with two attached hydrogens (primary N) is 1. The Morgan fingerprint density at radius 1 is 1.00 bits per heavy atom. The molecule has 0 unspecified atom stereocenters. The smallest absolute Gasteiger partial charge is 0.225 e. The van der Waals surface area contributed by atoms with Gasteiger partial charge >= 0.3 is 0 Å². The van der Waals surface area contributed by atoms with E-state index in [9.17, 15) is 17.2 Å². The zero-order valence-corrected chi connectivity index (χ0v) is 11.8. The Hall–Kier alpha value is -1.31. The van der Waals surface area contributed by atoms with Crippen molar-refractivity contribution in [2.24, 2.45) is 5.14 Å². The predicted molar refractivity (Wildman–Crippen MR) is 70.9 cm³/mol. The van der Waals surface area contributed by atoms with Gasteiger partial charge in [-0.05, 0) is 35.4 Å². The number of sulfonamides is 1. The topological polar surface area (TPSA) is 60.2 Å². The van der Waals surface area contributed by atoms with E-state index in [0.29, 0.717) is 15.6 Å². The van der Waals surface area contributed by atoms with Crippen LogP contribution in [0.1, 0.15) is 0 Å². The van der Waals surface area contributed by atoms with Gasteiger partial charge in [0.25, 0.3) is 0 Å². The first-order chi connectivity index (χ1) is 8.79. The second kappa shape index (κ2) is 4.99. The highest BCUT2D eigenvalue weighted by Crippen LogP contribution is 2.30. The second-order valence-corrected chi connectivity index (χ2v) is 6.23. The fourth-order valence-corrected chi connectivity index (χ4v) is 2.63. The standard InChI is InChI=1S/C12H8BrF2NO2S/c13-10-6-12(15)11(14)5-9(10)7-1-3-8(4-2-7)19(16,17)18/h1-6H,(H2,16,17,18). The number of rotatable bonds is 2. The fraction of sp³-hybridized carbons (Fsp3) is 0. The molecule has 0 heterocycles. The molecule has 0 aliphatic carbocycles. The van der Waals surface area contributed by atoms with Crippen molar-refractivity contribution in [3.63, 3.8) is 0 Å². The summed E-state index contributed by atoms with van der Waals surface area (Å²) in [5.41, 5.74) is 0.957. The molecule has 7 heteroatoms. The predicted octanol–water partition coefficient (Wildman–Crippen LogP) is 3.04. The van der Waals surface area contributed by atoms with Crippen molar-refractivity contribution >= 4 is 26.0 Å². The summed E-state index contributed by atoms with van der Waals surface area (Å²) in [5, 5.41) is 4.97. The lowest BCUT2D eigenvalue weighted by molar-refractivity contribution is 0.508. The average Bonchev–Trinajstić information content (AvgIpc) is 2.33. The lowest BCUT2D eigenvalue weighted by Crippen LogP contribution is -2.11.